The van der Waals surface area contributed by atoms with Crippen LogP contribution in [0, 0.1) is 6.92 Å². The van der Waals surface area contributed by atoms with Gasteiger partial charge in [0, 0.05) is 50.0 Å². The number of methoxy groups -OCH3 is 1. The second kappa shape index (κ2) is 9.89. The van der Waals surface area contributed by atoms with E-state index >= 15 is 0 Å². The monoisotopic (exact) mass is 348 g/mol. The van der Waals surface area contributed by atoms with E-state index in [1.165, 1.54) is 4.88 Å². The van der Waals surface area contributed by atoms with Gasteiger partial charge in [0.25, 0.3) is 0 Å². The van der Waals surface area contributed by atoms with Gasteiger partial charge < -0.3 is 20.1 Å². The molecule has 2 rings (SSSR count). The van der Waals surface area contributed by atoms with Crippen LogP contribution in [0.4, 0.5) is 5.69 Å². The van der Waals surface area contributed by atoms with Crippen molar-refractivity contribution in [3.05, 3.63) is 40.3 Å². The molecule has 1 heterocycles. The van der Waals surface area contributed by atoms with Crippen LogP contribution in [-0.2, 0) is 11.3 Å². The number of anilines is 1. The number of ether oxygens (including phenoxy) is 2. The lowest BCUT2D eigenvalue weighted by molar-refractivity contribution is 0.172. The second-order valence-corrected chi connectivity index (χ2v) is 6.44. The molecule has 24 heavy (non-hydrogen) atoms. The lowest BCUT2D eigenvalue weighted by Crippen LogP contribution is -2.29. The highest BCUT2D eigenvalue weighted by atomic mass is 32.1. The van der Waals surface area contributed by atoms with Crippen LogP contribution in [0.2, 0.25) is 0 Å². The summed E-state index contributed by atoms with van der Waals surface area (Å²) in [5.41, 5.74) is 0.924. The van der Waals surface area contributed by atoms with E-state index in [1.807, 2.05) is 37.4 Å². The first kappa shape index (κ1) is 18.2. The topological polar surface area (TPSA) is 67.8 Å². The molecule has 1 aromatic carbocycles. The van der Waals surface area contributed by atoms with Gasteiger partial charge in [-0.1, -0.05) is 6.07 Å². The standard InChI is InChI=1S/C17H24N4O2S/c1-13-19-11-16(24-13)12-20-17(18-2)21-14-6-4-7-15(10-14)23-9-5-8-22-3/h4,6-7,10-11H,5,8-9,12H2,1-3H3,(H2,18,20,21). The molecule has 6 nitrogen and oxygen atoms in total. The van der Waals surface area contributed by atoms with Crippen molar-refractivity contribution < 1.29 is 9.47 Å². The molecule has 0 atom stereocenters. The Hall–Kier alpha value is -2.12. The van der Waals surface area contributed by atoms with Gasteiger partial charge in [-0.05, 0) is 19.1 Å². The molecule has 0 bridgehead atoms. The summed E-state index contributed by atoms with van der Waals surface area (Å²) in [5.74, 6) is 1.53. The third kappa shape index (κ3) is 6.17. The first-order valence-electron chi connectivity index (χ1n) is 7.82. The van der Waals surface area contributed by atoms with Gasteiger partial charge in [-0.15, -0.1) is 11.3 Å². The number of thiazole rings is 1. The summed E-state index contributed by atoms with van der Waals surface area (Å²) >= 11 is 1.68. The highest BCUT2D eigenvalue weighted by molar-refractivity contribution is 7.11. The maximum Gasteiger partial charge on any atom is 0.195 e. The maximum absolute atomic E-state index is 5.71. The molecular formula is C17H24N4O2S. The lowest BCUT2D eigenvalue weighted by Gasteiger charge is -2.12. The number of hydrogen-bond acceptors (Lipinski definition) is 5. The minimum absolute atomic E-state index is 0.634. The zero-order valence-electron chi connectivity index (χ0n) is 14.3. The Morgan fingerprint density at radius 2 is 2.21 bits per heavy atom. The molecule has 130 valence electrons. The second-order valence-electron chi connectivity index (χ2n) is 5.12. The van der Waals surface area contributed by atoms with Crippen molar-refractivity contribution in [3.63, 3.8) is 0 Å². The first-order chi connectivity index (χ1) is 11.7. The summed E-state index contributed by atoms with van der Waals surface area (Å²) < 4.78 is 10.7. The fraction of sp³-hybridized carbons (Fsp3) is 0.412. The fourth-order valence-corrected chi connectivity index (χ4v) is 2.77. The highest BCUT2D eigenvalue weighted by Gasteiger charge is 2.03. The molecule has 0 radical (unpaired) electrons. The summed E-state index contributed by atoms with van der Waals surface area (Å²) in [4.78, 5) is 9.67. The van der Waals surface area contributed by atoms with Crippen LogP contribution in [-0.4, -0.2) is 38.3 Å². The van der Waals surface area contributed by atoms with E-state index in [-0.39, 0.29) is 0 Å². The van der Waals surface area contributed by atoms with Crippen LogP contribution in [0.25, 0.3) is 0 Å². The Morgan fingerprint density at radius 3 is 2.92 bits per heavy atom. The van der Waals surface area contributed by atoms with Crippen molar-refractivity contribution in [2.75, 3.05) is 32.7 Å². The summed E-state index contributed by atoms with van der Waals surface area (Å²) in [6.45, 7) is 4.03. The molecule has 0 aliphatic rings. The van der Waals surface area contributed by atoms with Gasteiger partial charge in [0.05, 0.1) is 18.2 Å². The van der Waals surface area contributed by atoms with Gasteiger partial charge in [-0.3, -0.25) is 4.99 Å². The number of nitrogens with one attached hydrogen (secondary N) is 2. The van der Waals surface area contributed by atoms with Crippen LogP contribution >= 0.6 is 11.3 Å². The van der Waals surface area contributed by atoms with Crippen molar-refractivity contribution >= 4 is 23.0 Å². The molecule has 2 aromatic rings. The third-order valence-corrected chi connectivity index (χ3v) is 4.09. The van der Waals surface area contributed by atoms with Crippen molar-refractivity contribution in [2.45, 2.75) is 19.9 Å². The summed E-state index contributed by atoms with van der Waals surface area (Å²) in [7, 11) is 3.44. The maximum atomic E-state index is 5.71. The SMILES string of the molecule is CN=C(NCc1cnc(C)s1)Nc1cccc(OCCCOC)c1. The molecule has 0 fully saturated rings. The Labute approximate surface area is 146 Å². The molecule has 0 aliphatic heterocycles. The quantitative estimate of drug-likeness (QED) is 0.436. The van der Waals surface area contributed by atoms with E-state index < -0.39 is 0 Å². The average molecular weight is 348 g/mol. The molecule has 0 saturated carbocycles. The zero-order valence-corrected chi connectivity index (χ0v) is 15.2. The lowest BCUT2D eigenvalue weighted by atomic mass is 10.3. The molecule has 0 spiro atoms. The van der Waals surface area contributed by atoms with Gasteiger partial charge in [0.2, 0.25) is 0 Å². The van der Waals surface area contributed by atoms with Crippen molar-refractivity contribution in [1.29, 1.82) is 0 Å². The van der Waals surface area contributed by atoms with Gasteiger partial charge >= 0.3 is 0 Å². The van der Waals surface area contributed by atoms with Gasteiger partial charge in [0.1, 0.15) is 5.75 Å². The Kier molecular flexibility index (Phi) is 7.51. The number of aliphatic imine (C=N–C) groups is 1. The van der Waals surface area contributed by atoms with Gasteiger partial charge in [-0.2, -0.15) is 0 Å². The number of nitrogens with zero attached hydrogens (tertiary/aromatic N) is 2. The van der Waals surface area contributed by atoms with E-state index in [0.29, 0.717) is 25.7 Å². The van der Waals surface area contributed by atoms with Crippen molar-refractivity contribution in [3.8, 4) is 5.75 Å². The zero-order chi connectivity index (χ0) is 17.2. The third-order valence-electron chi connectivity index (χ3n) is 3.18. The number of rotatable bonds is 8. The van der Waals surface area contributed by atoms with E-state index in [2.05, 4.69) is 20.6 Å². The molecule has 0 amide bonds. The molecule has 0 aliphatic carbocycles. The van der Waals surface area contributed by atoms with Crippen LogP contribution in [0.15, 0.2) is 35.5 Å². The fourth-order valence-electron chi connectivity index (χ4n) is 2.03. The number of guanidine groups is 1. The van der Waals surface area contributed by atoms with Crippen molar-refractivity contribution in [1.82, 2.24) is 10.3 Å². The normalized spacial score (nSPS) is 11.4. The number of aromatic nitrogens is 1. The minimum Gasteiger partial charge on any atom is -0.493 e. The molecule has 1 aromatic heterocycles. The molecular weight excluding hydrogens is 324 g/mol. The molecule has 2 N–H and O–H groups in total. The Balaban J connectivity index is 1.86. The smallest absolute Gasteiger partial charge is 0.195 e. The van der Waals surface area contributed by atoms with E-state index in [9.17, 15) is 0 Å². The predicted octanol–water partition coefficient (Wildman–Crippen LogP) is 3.05. The van der Waals surface area contributed by atoms with Crippen LogP contribution in [0.3, 0.4) is 0 Å². The van der Waals surface area contributed by atoms with Gasteiger partial charge in [-0.25, -0.2) is 4.98 Å². The molecule has 0 saturated heterocycles. The van der Waals surface area contributed by atoms with Crippen LogP contribution < -0.4 is 15.4 Å². The summed E-state index contributed by atoms with van der Waals surface area (Å²) in [6.07, 6.45) is 2.75. The van der Waals surface area contributed by atoms with Crippen molar-refractivity contribution in [2.24, 2.45) is 4.99 Å². The number of aryl methyl sites for hydroxylation is 1. The number of hydrogen-bond donors (Lipinski definition) is 2. The minimum atomic E-state index is 0.634. The van der Waals surface area contributed by atoms with Crippen LogP contribution in [0.5, 0.6) is 5.75 Å². The Morgan fingerprint density at radius 1 is 1.33 bits per heavy atom. The van der Waals surface area contributed by atoms with Crippen LogP contribution in [0.1, 0.15) is 16.3 Å². The summed E-state index contributed by atoms with van der Waals surface area (Å²) in [5, 5.41) is 7.61. The molecule has 0 unspecified atom stereocenters. The number of benzene rings is 1. The predicted molar refractivity (Wildman–Crippen MR) is 99.1 cm³/mol. The molecule has 7 heteroatoms. The summed E-state index contributed by atoms with van der Waals surface area (Å²) in [6, 6.07) is 7.82. The first-order valence-corrected chi connectivity index (χ1v) is 8.63. The largest absolute Gasteiger partial charge is 0.493 e. The van der Waals surface area contributed by atoms with E-state index in [0.717, 1.165) is 22.9 Å². The van der Waals surface area contributed by atoms with E-state index in [4.69, 9.17) is 9.47 Å². The van der Waals surface area contributed by atoms with Gasteiger partial charge in [0.15, 0.2) is 5.96 Å². The Bertz CT molecular complexity index is 658. The van der Waals surface area contributed by atoms with E-state index in [1.54, 1.807) is 25.5 Å². The average Bonchev–Trinajstić information content (AvgIpc) is 3.01. The highest BCUT2D eigenvalue weighted by Crippen LogP contribution is 2.17.